The van der Waals surface area contributed by atoms with Crippen LogP contribution in [0.2, 0.25) is 0 Å². The minimum Gasteiger partial charge on any atom is -0.490 e. The maximum absolute atomic E-state index is 10.9. The summed E-state index contributed by atoms with van der Waals surface area (Å²) in [7, 11) is 0. The molecule has 16 heavy (non-hydrogen) atoms. The van der Waals surface area contributed by atoms with Gasteiger partial charge in [0.1, 0.15) is 11.9 Å². The topological polar surface area (TPSA) is 46.5 Å². The van der Waals surface area contributed by atoms with Crippen molar-refractivity contribution in [2.75, 3.05) is 0 Å². The molecule has 0 heterocycles. The van der Waals surface area contributed by atoms with Gasteiger partial charge in [-0.25, -0.2) is 0 Å². The maximum Gasteiger partial charge on any atom is 0.309 e. The minimum absolute atomic E-state index is 0.0299. The predicted molar refractivity (Wildman–Crippen MR) is 63.5 cm³/mol. The molecule has 0 radical (unpaired) electrons. The highest BCUT2D eigenvalue weighted by Crippen LogP contribution is 2.42. The van der Waals surface area contributed by atoms with Crippen LogP contribution in [-0.2, 0) is 4.79 Å². The zero-order chi connectivity index (χ0) is 11.8. The van der Waals surface area contributed by atoms with Gasteiger partial charge in [-0.15, -0.1) is 0 Å². The van der Waals surface area contributed by atoms with Gasteiger partial charge in [-0.05, 0) is 31.2 Å². The highest BCUT2D eigenvalue weighted by atomic mass is 79.9. The minimum atomic E-state index is -0.733. The summed E-state index contributed by atoms with van der Waals surface area (Å²) in [6, 6.07) is 7.57. The molecule has 0 atom stereocenters. The van der Waals surface area contributed by atoms with Crippen LogP contribution in [0, 0.1) is 5.41 Å². The standard InChI is InChI=1S/C12H13BrO3/c1-12(11(14)15)6-10(7-12)16-9-4-2-8(13)3-5-9/h2-5,10H,6-7H2,1H3,(H,14,15). The Balaban J connectivity index is 1.90. The van der Waals surface area contributed by atoms with E-state index in [1.54, 1.807) is 6.92 Å². The van der Waals surface area contributed by atoms with Crippen LogP contribution in [0.3, 0.4) is 0 Å². The third-order valence-electron chi connectivity index (χ3n) is 2.99. The van der Waals surface area contributed by atoms with E-state index in [1.165, 1.54) is 0 Å². The molecule has 4 heteroatoms. The SMILES string of the molecule is CC1(C(=O)O)CC(Oc2ccc(Br)cc2)C1. The van der Waals surface area contributed by atoms with Crippen LogP contribution in [0.5, 0.6) is 5.75 Å². The Morgan fingerprint density at radius 1 is 1.44 bits per heavy atom. The largest absolute Gasteiger partial charge is 0.490 e. The third-order valence-corrected chi connectivity index (χ3v) is 3.52. The van der Waals surface area contributed by atoms with E-state index in [9.17, 15) is 4.79 Å². The van der Waals surface area contributed by atoms with Crippen molar-refractivity contribution in [2.45, 2.75) is 25.9 Å². The van der Waals surface area contributed by atoms with Crippen molar-refractivity contribution in [3.63, 3.8) is 0 Å². The summed E-state index contributed by atoms with van der Waals surface area (Å²) in [5.41, 5.74) is -0.597. The number of carbonyl (C=O) groups is 1. The summed E-state index contributed by atoms with van der Waals surface area (Å²) in [5, 5.41) is 8.95. The molecule has 1 aromatic rings. The Morgan fingerprint density at radius 3 is 2.50 bits per heavy atom. The molecule has 0 bridgehead atoms. The van der Waals surface area contributed by atoms with Crippen LogP contribution in [0.1, 0.15) is 19.8 Å². The Labute approximate surface area is 103 Å². The zero-order valence-electron chi connectivity index (χ0n) is 8.94. The summed E-state index contributed by atoms with van der Waals surface area (Å²) in [5.74, 6) is 0.0591. The number of hydrogen-bond donors (Lipinski definition) is 1. The number of carboxylic acid groups (broad SMARTS) is 1. The first-order chi connectivity index (χ1) is 7.49. The molecule has 1 aromatic carbocycles. The average Bonchev–Trinajstić information content (AvgIpc) is 2.18. The number of benzene rings is 1. The summed E-state index contributed by atoms with van der Waals surface area (Å²) in [6.45, 7) is 1.76. The summed E-state index contributed by atoms with van der Waals surface area (Å²) in [6.07, 6.45) is 1.19. The van der Waals surface area contributed by atoms with Crippen LogP contribution < -0.4 is 4.74 Å². The van der Waals surface area contributed by atoms with Gasteiger partial charge in [0, 0.05) is 17.3 Å². The fourth-order valence-electron chi connectivity index (χ4n) is 1.91. The van der Waals surface area contributed by atoms with Gasteiger partial charge in [0.25, 0.3) is 0 Å². The van der Waals surface area contributed by atoms with Gasteiger partial charge in [-0.3, -0.25) is 4.79 Å². The lowest BCUT2D eigenvalue weighted by Crippen LogP contribution is -2.47. The highest BCUT2D eigenvalue weighted by molar-refractivity contribution is 9.10. The van der Waals surface area contributed by atoms with E-state index in [0.717, 1.165) is 10.2 Å². The van der Waals surface area contributed by atoms with Crippen molar-refractivity contribution >= 4 is 21.9 Å². The van der Waals surface area contributed by atoms with E-state index in [1.807, 2.05) is 24.3 Å². The highest BCUT2D eigenvalue weighted by Gasteiger charge is 2.47. The van der Waals surface area contributed by atoms with Crippen molar-refractivity contribution < 1.29 is 14.6 Å². The van der Waals surface area contributed by atoms with Crippen LogP contribution in [0.25, 0.3) is 0 Å². The molecule has 0 aromatic heterocycles. The second-order valence-electron chi connectivity index (χ2n) is 4.47. The molecule has 0 saturated heterocycles. The van der Waals surface area contributed by atoms with E-state index in [0.29, 0.717) is 12.8 Å². The molecular formula is C12H13BrO3. The Hall–Kier alpha value is -1.03. The monoisotopic (exact) mass is 284 g/mol. The van der Waals surface area contributed by atoms with Gasteiger partial charge in [-0.1, -0.05) is 15.9 Å². The van der Waals surface area contributed by atoms with Crippen LogP contribution in [-0.4, -0.2) is 17.2 Å². The quantitative estimate of drug-likeness (QED) is 0.928. The van der Waals surface area contributed by atoms with Crippen LogP contribution in [0.15, 0.2) is 28.7 Å². The van der Waals surface area contributed by atoms with Crippen molar-refractivity contribution in [3.05, 3.63) is 28.7 Å². The molecule has 2 rings (SSSR count). The summed E-state index contributed by atoms with van der Waals surface area (Å²) < 4.78 is 6.67. The number of hydrogen-bond acceptors (Lipinski definition) is 2. The molecule has 86 valence electrons. The summed E-state index contributed by atoms with van der Waals surface area (Å²) >= 11 is 3.35. The van der Waals surface area contributed by atoms with Crippen molar-refractivity contribution in [2.24, 2.45) is 5.41 Å². The van der Waals surface area contributed by atoms with E-state index in [4.69, 9.17) is 9.84 Å². The van der Waals surface area contributed by atoms with Gasteiger partial charge in [0.2, 0.25) is 0 Å². The molecule has 0 aliphatic heterocycles. The van der Waals surface area contributed by atoms with Gasteiger partial charge in [0.05, 0.1) is 5.41 Å². The normalized spacial score (nSPS) is 28.2. The van der Waals surface area contributed by atoms with Gasteiger partial charge >= 0.3 is 5.97 Å². The van der Waals surface area contributed by atoms with Gasteiger partial charge in [0.15, 0.2) is 0 Å². The second kappa shape index (κ2) is 4.09. The molecule has 1 fully saturated rings. The van der Waals surface area contributed by atoms with Gasteiger partial charge in [-0.2, -0.15) is 0 Å². The van der Waals surface area contributed by atoms with Crippen LogP contribution >= 0.6 is 15.9 Å². The average molecular weight is 285 g/mol. The van der Waals surface area contributed by atoms with E-state index in [-0.39, 0.29) is 6.10 Å². The number of ether oxygens (including phenoxy) is 1. The number of rotatable bonds is 3. The zero-order valence-corrected chi connectivity index (χ0v) is 10.5. The summed E-state index contributed by atoms with van der Waals surface area (Å²) in [4.78, 5) is 10.9. The number of carboxylic acids is 1. The first-order valence-electron chi connectivity index (χ1n) is 5.15. The number of aliphatic carboxylic acids is 1. The third kappa shape index (κ3) is 2.21. The molecule has 1 N–H and O–H groups in total. The molecular weight excluding hydrogens is 272 g/mol. The number of halogens is 1. The van der Waals surface area contributed by atoms with Crippen molar-refractivity contribution in [3.8, 4) is 5.75 Å². The van der Waals surface area contributed by atoms with E-state index >= 15 is 0 Å². The first-order valence-corrected chi connectivity index (χ1v) is 5.94. The van der Waals surface area contributed by atoms with Crippen molar-refractivity contribution in [1.29, 1.82) is 0 Å². The smallest absolute Gasteiger partial charge is 0.309 e. The lowest BCUT2D eigenvalue weighted by Gasteiger charge is -2.41. The Bertz CT molecular complexity index is 393. The predicted octanol–water partition coefficient (Wildman–Crippen LogP) is 3.08. The molecule has 0 spiro atoms. The molecule has 3 nitrogen and oxygen atoms in total. The fraction of sp³-hybridized carbons (Fsp3) is 0.417. The lowest BCUT2D eigenvalue weighted by molar-refractivity contribution is -0.159. The fourth-order valence-corrected chi connectivity index (χ4v) is 2.17. The second-order valence-corrected chi connectivity index (χ2v) is 5.38. The lowest BCUT2D eigenvalue weighted by atomic mass is 9.68. The van der Waals surface area contributed by atoms with Crippen molar-refractivity contribution in [1.82, 2.24) is 0 Å². The first kappa shape index (κ1) is 11.5. The van der Waals surface area contributed by atoms with Crippen LogP contribution in [0.4, 0.5) is 0 Å². The molecule has 0 amide bonds. The van der Waals surface area contributed by atoms with Gasteiger partial charge < -0.3 is 9.84 Å². The molecule has 1 aliphatic carbocycles. The van der Waals surface area contributed by atoms with E-state index < -0.39 is 11.4 Å². The molecule has 1 saturated carbocycles. The van der Waals surface area contributed by atoms with E-state index in [2.05, 4.69) is 15.9 Å². The molecule has 1 aliphatic rings. The Kier molecular flexibility index (Phi) is 2.93. The maximum atomic E-state index is 10.9. The molecule has 0 unspecified atom stereocenters. The Morgan fingerprint density at radius 2 is 2.00 bits per heavy atom.